The van der Waals surface area contributed by atoms with Crippen LogP contribution in [-0.2, 0) is 13.8 Å². The number of hydrogen-bond donors (Lipinski definition) is 5. The van der Waals surface area contributed by atoms with E-state index in [2.05, 4.69) is 19.6 Å². The molecule has 12 nitrogen and oxygen atoms in total. The molecule has 1 aliphatic heterocycles. The van der Waals surface area contributed by atoms with E-state index in [1.807, 2.05) is 42.5 Å². The molecule has 0 radical (unpaired) electrons. The fraction of sp³-hybridized carbons (Fsp3) is 0.316. The fourth-order valence-corrected chi connectivity index (χ4v) is 4.51. The van der Waals surface area contributed by atoms with Crippen LogP contribution in [0.15, 0.2) is 54.0 Å². The summed E-state index contributed by atoms with van der Waals surface area (Å²) in [6.45, 7) is 0. The summed E-state index contributed by atoms with van der Waals surface area (Å²) in [4.78, 5) is 26.2. The first-order chi connectivity index (χ1) is 15.7. The summed E-state index contributed by atoms with van der Waals surface area (Å²) in [6.07, 6.45) is -1.59. The summed E-state index contributed by atoms with van der Waals surface area (Å²) >= 11 is 1.45. The zero-order valence-corrected chi connectivity index (χ0v) is 18.6. The Hall–Kier alpha value is -2.19. The van der Waals surface area contributed by atoms with Gasteiger partial charge >= 0.3 is 7.82 Å². The Balaban J connectivity index is 1.50. The van der Waals surface area contributed by atoms with E-state index in [4.69, 9.17) is 14.5 Å². The molecule has 5 N–H and O–H groups in total. The molecule has 1 saturated heterocycles. The maximum absolute atomic E-state index is 11.0. The third-order valence-corrected chi connectivity index (χ3v) is 6.27. The van der Waals surface area contributed by atoms with Gasteiger partial charge in [-0.15, -0.1) is 11.8 Å². The van der Waals surface area contributed by atoms with Gasteiger partial charge in [0.05, 0.1) is 11.6 Å². The van der Waals surface area contributed by atoms with Gasteiger partial charge in [-0.25, -0.2) is 19.2 Å². The van der Waals surface area contributed by atoms with Gasteiger partial charge in [0.1, 0.15) is 29.7 Å². The van der Waals surface area contributed by atoms with Crippen molar-refractivity contribution in [2.75, 3.05) is 5.75 Å². The van der Waals surface area contributed by atoms with Gasteiger partial charge < -0.3 is 29.8 Å². The molecule has 5 atom stereocenters. The van der Waals surface area contributed by atoms with E-state index in [1.54, 1.807) is 0 Å². The number of benzene rings is 1. The normalized spacial score (nSPS) is 24.6. The van der Waals surface area contributed by atoms with Crippen molar-refractivity contribution in [1.82, 2.24) is 19.7 Å². The van der Waals surface area contributed by atoms with Gasteiger partial charge in [0, 0.05) is 5.75 Å². The van der Waals surface area contributed by atoms with Gasteiger partial charge in [0.25, 0.3) is 0 Å². The van der Waals surface area contributed by atoms with Crippen LogP contribution in [0.25, 0.3) is 17.1 Å². The van der Waals surface area contributed by atoms with Crippen LogP contribution in [0.2, 0.25) is 0 Å². The van der Waals surface area contributed by atoms with Gasteiger partial charge in [0.15, 0.2) is 18.2 Å². The lowest BCUT2D eigenvalue weighted by Gasteiger charge is -2.21. The molecule has 1 fully saturated rings. The molecule has 33 heavy (non-hydrogen) atoms. The minimum Gasteiger partial charge on any atom is -0.387 e. The number of thioether (sulfide) groups is 1. The Morgan fingerprint density at radius 3 is 2.70 bits per heavy atom. The van der Waals surface area contributed by atoms with Gasteiger partial charge in [-0.3, -0.25) is 4.52 Å². The molecule has 0 saturated carbocycles. The van der Waals surface area contributed by atoms with E-state index in [0.717, 1.165) is 5.56 Å². The fourth-order valence-electron chi connectivity index (χ4n) is 3.34. The predicted molar refractivity (Wildman–Crippen MR) is 117 cm³/mol. The third kappa shape index (κ3) is 5.49. The highest BCUT2D eigenvalue weighted by Gasteiger charge is 2.49. The van der Waals surface area contributed by atoms with Crippen LogP contribution in [0.5, 0.6) is 0 Å². The summed E-state index contributed by atoms with van der Waals surface area (Å²) in [5.74, 6) is 0.626. The van der Waals surface area contributed by atoms with E-state index in [1.165, 1.54) is 29.0 Å². The highest BCUT2D eigenvalue weighted by atomic mass is 32.2. The number of ether oxygens (including phenoxy) is 1. The van der Waals surface area contributed by atoms with Crippen molar-refractivity contribution in [1.29, 1.82) is 0 Å². The smallest absolute Gasteiger partial charge is 0.387 e. The Kier molecular flexibility index (Phi) is 7.24. The number of aliphatic hydroxyl groups excluding tert-OH is 3. The van der Waals surface area contributed by atoms with E-state index in [0.29, 0.717) is 21.8 Å². The molecular formula is C19H21N4O8PS. The number of aliphatic hydroxyl groups is 3. The lowest BCUT2D eigenvalue weighted by atomic mass is 10.1. The molecular weight excluding hydrogens is 475 g/mol. The van der Waals surface area contributed by atoms with Crippen molar-refractivity contribution < 1.29 is 38.9 Å². The number of fused-ring (bicyclic) bond motifs is 1. The van der Waals surface area contributed by atoms with E-state index in [9.17, 15) is 19.9 Å². The second kappa shape index (κ2) is 9.97. The molecule has 2 aromatic heterocycles. The summed E-state index contributed by atoms with van der Waals surface area (Å²) in [7, 11) is -5.05. The molecule has 3 heterocycles. The van der Waals surface area contributed by atoms with E-state index < -0.39 is 38.7 Å². The third-order valence-electron chi connectivity index (χ3n) is 4.82. The first-order valence-electron chi connectivity index (χ1n) is 9.71. The van der Waals surface area contributed by atoms with Crippen LogP contribution in [0.4, 0.5) is 0 Å². The molecule has 1 aliphatic rings. The number of phosphoric ester groups is 1. The van der Waals surface area contributed by atoms with Crippen LogP contribution in [-0.4, -0.2) is 75.2 Å². The second-order valence-corrected chi connectivity index (χ2v) is 9.29. The minimum absolute atomic E-state index is 0.307. The first kappa shape index (κ1) is 24.0. The van der Waals surface area contributed by atoms with Crippen molar-refractivity contribution in [3.63, 3.8) is 0 Å². The Morgan fingerprint density at radius 1 is 1.21 bits per heavy atom. The lowest BCUT2D eigenvalue weighted by Crippen LogP contribution is -2.39. The average Bonchev–Trinajstić information content (AvgIpc) is 3.32. The van der Waals surface area contributed by atoms with Crippen LogP contribution >= 0.6 is 19.6 Å². The molecule has 0 bridgehead atoms. The molecule has 3 aromatic rings. The number of rotatable bonds is 8. The van der Waals surface area contributed by atoms with Crippen LogP contribution < -0.4 is 0 Å². The summed E-state index contributed by atoms with van der Waals surface area (Å²) in [6, 6.07) is 9.83. The molecule has 4 rings (SSSR count). The number of hydrogen-bond acceptors (Lipinski definition) is 10. The molecule has 0 amide bonds. The second-order valence-electron chi connectivity index (χ2n) is 7.09. The van der Waals surface area contributed by atoms with Crippen molar-refractivity contribution in [3.8, 4) is 0 Å². The van der Waals surface area contributed by atoms with E-state index >= 15 is 0 Å². The topological polar surface area (TPSA) is 180 Å². The Morgan fingerprint density at radius 2 is 1.97 bits per heavy atom. The summed E-state index contributed by atoms with van der Waals surface area (Å²) < 4.78 is 21.8. The quantitative estimate of drug-likeness (QED) is 0.128. The summed E-state index contributed by atoms with van der Waals surface area (Å²) in [5.41, 5.74) is 1.38. The lowest BCUT2D eigenvalue weighted by molar-refractivity contribution is -0.162. The molecule has 1 unspecified atom stereocenters. The molecule has 1 aromatic carbocycles. The predicted octanol–water partition coefficient (Wildman–Crippen LogP) is 0.679. The highest BCUT2D eigenvalue weighted by molar-refractivity contribution is 7.99. The maximum atomic E-state index is 11.0. The van der Waals surface area contributed by atoms with Crippen LogP contribution in [0, 0.1) is 0 Å². The average molecular weight is 496 g/mol. The number of phosphoric acid groups is 1. The van der Waals surface area contributed by atoms with Crippen molar-refractivity contribution >= 4 is 36.7 Å². The Labute approximate surface area is 191 Å². The number of aromatic nitrogens is 4. The molecule has 0 aliphatic carbocycles. The maximum Gasteiger partial charge on any atom is 0.472 e. The zero-order valence-electron chi connectivity index (χ0n) is 16.9. The van der Waals surface area contributed by atoms with Gasteiger partial charge in [-0.1, -0.05) is 42.5 Å². The van der Waals surface area contributed by atoms with Gasteiger partial charge in [-0.2, -0.15) is 5.10 Å². The standard InChI is InChI=1S/C19H21N4O8PS/c24-13-14(25)18(30-15(13)19(26)31-32(27,28)29)23-16-12(9-22-23)17(21-10-20-16)33-8-4-7-11-5-2-1-3-6-11/h1-7,9-10,13-15,18-19,24-26H,8H2,(H2,27,28,29)/t13-,14+,15-,18+,19?/m0/s1. The van der Waals surface area contributed by atoms with Crippen LogP contribution in [0.1, 0.15) is 11.8 Å². The number of nitrogens with zero attached hydrogens (tertiary/aromatic N) is 4. The molecule has 0 spiro atoms. The van der Waals surface area contributed by atoms with Crippen molar-refractivity contribution in [2.45, 2.75) is 35.9 Å². The molecule has 176 valence electrons. The monoisotopic (exact) mass is 496 g/mol. The molecule has 14 heteroatoms. The first-order valence-corrected chi connectivity index (χ1v) is 12.2. The van der Waals surface area contributed by atoms with Crippen molar-refractivity contribution in [3.05, 3.63) is 54.5 Å². The van der Waals surface area contributed by atoms with E-state index in [-0.39, 0.29) is 0 Å². The SMILES string of the molecule is O=P(O)(O)OC(O)[C@H]1O[C@@H](n2ncc3c(SCC=Cc4ccccc4)ncnc32)[C@H](O)[C@@H]1O. The van der Waals surface area contributed by atoms with Crippen molar-refractivity contribution in [2.24, 2.45) is 0 Å². The van der Waals surface area contributed by atoms with Gasteiger partial charge in [0.2, 0.25) is 0 Å². The largest absolute Gasteiger partial charge is 0.472 e. The summed E-state index contributed by atoms with van der Waals surface area (Å²) in [5, 5.41) is 35.9. The highest BCUT2D eigenvalue weighted by Crippen LogP contribution is 2.41. The van der Waals surface area contributed by atoms with Crippen LogP contribution in [0.3, 0.4) is 0 Å². The minimum atomic E-state index is -5.05. The van der Waals surface area contributed by atoms with Gasteiger partial charge in [-0.05, 0) is 5.56 Å². The Bertz CT molecular complexity index is 1170. The zero-order chi connectivity index (χ0) is 23.6.